The van der Waals surface area contributed by atoms with Gasteiger partial charge in [-0.1, -0.05) is 11.6 Å². The van der Waals surface area contributed by atoms with Crippen molar-refractivity contribution in [2.24, 2.45) is 0 Å². The fourth-order valence-corrected chi connectivity index (χ4v) is 2.39. The second kappa shape index (κ2) is 5.91. The molecule has 1 aromatic carbocycles. The predicted molar refractivity (Wildman–Crippen MR) is 78.4 cm³/mol. The highest BCUT2D eigenvalue weighted by molar-refractivity contribution is 14.1. The smallest absolute Gasteiger partial charge is 0.221 e. The lowest BCUT2D eigenvalue weighted by Gasteiger charge is -2.08. The first-order valence-electron chi connectivity index (χ1n) is 5.63. The lowest BCUT2D eigenvalue weighted by Crippen LogP contribution is -2.27. The van der Waals surface area contributed by atoms with Crippen molar-refractivity contribution in [3.8, 4) is 0 Å². The van der Waals surface area contributed by atoms with Gasteiger partial charge in [-0.15, -0.1) is 0 Å². The second-order valence-electron chi connectivity index (χ2n) is 4.14. The number of hydrogen-bond donors (Lipinski definition) is 2. The number of anilines is 1. The fraction of sp³-hybridized carbons (Fsp3) is 0.417. The van der Waals surface area contributed by atoms with Gasteiger partial charge in [-0.25, -0.2) is 0 Å². The highest BCUT2D eigenvalue weighted by Crippen LogP contribution is 2.23. The average Bonchev–Trinajstić information content (AvgIpc) is 3.05. The minimum absolute atomic E-state index is 0.113. The van der Waals surface area contributed by atoms with Gasteiger partial charge in [0.15, 0.2) is 0 Å². The minimum atomic E-state index is 0.113. The van der Waals surface area contributed by atoms with E-state index < -0.39 is 0 Å². The van der Waals surface area contributed by atoms with E-state index >= 15 is 0 Å². The summed E-state index contributed by atoms with van der Waals surface area (Å²) in [5.41, 5.74) is 0.881. The van der Waals surface area contributed by atoms with Gasteiger partial charge in [0.2, 0.25) is 5.91 Å². The van der Waals surface area contributed by atoms with E-state index in [0.717, 1.165) is 22.1 Å². The normalized spacial score (nSPS) is 14.5. The summed E-state index contributed by atoms with van der Waals surface area (Å²) in [6.45, 7) is 0.610. The first-order valence-corrected chi connectivity index (χ1v) is 7.09. The van der Waals surface area contributed by atoms with E-state index in [2.05, 4.69) is 33.2 Å². The van der Waals surface area contributed by atoms with Gasteiger partial charge >= 0.3 is 0 Å². The molecule has 1 aliphatic carbocycles. The van der Waals surface area contributed by atoms with Gasteiger partial charge in [-0.3, -0.25) is 4.79 Å². The van der Waals surface area contributed by atoms with Crippen molar-refractivity contribution in [3.63, 3.8) is 0 Å². The molecule has 0 saturated heterocycles. The molecular formula is C12H14ClIN2O. The summed E-state index contributed by atoms with van der Waals surface area (Å²) >= 11 is 8.29. The van der Waals surface area contributed by atoms with Crippen LogP contribution in [0.1, 0.15) is 19.3 Å². The number of carbonyl (C=O) groups excluding carboxylic acids is 1. The standard InChI is InChI=1S/C12H14ClIN2O/c13-10-7-8(14)1-4-11(10)15-6-5-12(17)16-9-2-3-9/h1,4,7,9,15H,2-3,5-6H2,(H,16,17). The lowest BCUT2D eigenvalue weighted by molar-refractivity contribution is -0.120. The van der Waals surface area contributed by atoms with E-state index in [1.54, 1.807) is 0 Å². The number of rotatable bonds is 5. The summed E-state index contributed by atoms with van der Waals surface area (Å²) < 4.78 is 1.10. The molecule has 0 heterocycles. The zero-order valence-electron chi connectivity index (χ0n) is 9.30. The van der Waals surface area contributed by atoms with Crippen LogP contribution in [0.3, 0.4) is 0 Å². The summed E-state index contributed by atoms with van der Waals surface area (Å²) in [4.78, 5) is 11.4. The van der Waals surface area contributed by atoms with Crippen LogP contribution in [-0.2, 0) is 4.79 Å². The van der Waals surface area contributed by atoms with Crippen LogP contribution >= 0.6 is 34.2 Å². The highest BCUT2D eigenvalue weighted by Gasteiger charge is 2.22. The summed E-state index contributed by atoms with van der Waals surface area (Å²) in [5.74, 6) is 0.113. The van der Waals surface area contributed by atoms with Gasteiger partial charge in [0, 0.05) is 22.6 Å². The summed E-state index contributed by atoms with van der Waals surface area (Å²) in [7, 11) is 0. The van der Waals surface area contributed by atoms with Gasteiger partial charge in [-0.2, -0.15) is 0 Å². The van der Waals surface area contributed by atoms with Gasteiger partial charge in [-0.05, 0) is 53.6 Å². The van der Waals surface area contributed by atoms with Crippen LogP contribution < -0.4 is 10.6 Å². The molecule has 0 aromatic heterocycles. The molecule has 2 N–H and O–H groups in total. The Morgan fingerprint density at radius 2 is 2.24 bits per heavy atom. The molecule has 0 bridgehead atoms. The molecule has 1 fully saturated rings. The molecule has 3 nitrogen and oxygen atoms in total. The van der Waals surface area contributed by atoms with Crippen molar-refractivity contribution >= 4 is 45.8 Å². The SMILES string of the molecule is O=C(CCNc1ccc(I)cc1Cl)NC1CC1. The van der Waals surface area contributed by atoms with Crippen LogP contribution in [-0.4, -0.2) is 18.5 Å². The Hall–Kier alpha value is -0.490. The number of amides is 1. The van der Waals surface area contributed by atoms with E-state index in [1.807, 2.05) is 18.2 Å². The summed E-state index contributed by atoms with van der Waals surface area (Å²) in [6.07, 6.45) is 2.74. The summed E-state index contributed by atoms with van der Waals surface area (Å²) in [6, 6.07) is 6.25. The Labute approximate surface area is 119 Å². The molecule has 0 atom stereocenters. The largest absolute Gasteiger partial charge is 0.383 e. The average molecular weight is 365 g/mol. The zero-order chi connectivity index (χ0) is 12.3. The molecule has 5 heteroatoms. The number of halogens is 2. The molecular weight excluding hydrogens is 351 g/mol. The Bertz CT molecular complexity index is 421. The molecule has 2 rings (SSSR count). The fourth-order valence-electron chi connectivity index (χ4n) is 1.47. The summed E-state index contributed by atoms with van der Waals surface area (Å²) in [5, 5.41) is 6.81. The quantitative estimate of drug-likeness (QED) is 0.789. The third-order valence-corrected chi connectivity index (χ3v) is 3.52. The molecule has 17 heavy (non-hydrogen) atoms. The van der Waals surface area contributed by atoms with Crippen molar-refractivity contribution in [3.05, 3.63) is 26.8 Å². The third-order valence-electron chi connectivity index (χ3n) is 2.54. The van der Waals surface area contributed by atoms with E-state index in [1.165, 1.54) is 0 Å². The van der Waals surface area contributed by atoms with Crippen molar-refractivity contribution in [2.75, 3.05) is 11.9 Å². The Balaban J connectivity index is 1.75. The van der Waals surface area contributed by atoms with Crippen LogP contribution in [0.4, 0.5) is 5.69 Å². The highest BCUT2D eigenvalue weighted by atomic mass is 127. The zero-order valence-corrected chi connectivity index (χ0v) is 12.2. The second-order valence-corrected chi connectivity index (χ2v) is 5.80. The lowest BCUT2D eigenvalue weighted by atomic mass is 10.3. The van der Waals surface area contributed by atoms with Crippen LogP contribution in [0.25, 0.3) is 0 Å². The first-order chi connectivity index (χ1) is 8.15. The maximum Gasteiger partial charge on any atom is 0.221 e. The number of hydrogen-bond acceptors (Lipinski definition) is 2. The van der Waals surface area contributed by atoms with E-state index in [4.69, 9.17) is 11.6 Å². The van der Waals surface area contributed by atoms with Crippen molar-refractivity contribution in [1.82, 2.24) is 5.32 Å². The van der Waals surface area contributed by atoms with Crippen LogP contribution in [0.2, 0.25) is 5.02 Å². The van der Waals surface area contributed by atoms with Crippen LogP contribution in [0.5, 0.6) is 0 Å². The number of benzene rings is 1. The Morgan fingerprint density at radius 1 is 1.47 bits per heavy atom. The monoisotopic (exact) mass is 364 g/mol. The number of nitrogens with one attached hydrogen (secondary N) is 2. The van der Waals surface area contributed by atoms with E-state index in [-0.39, 0.29) is 5.91 Å². The van der Waals surface area contributed by atoms with E-state index in [9.17, 15) is 4.79 Å². The Kier molecular flexibility index (Phi) is 4.50. The van der Waals surface area contributed by atoms with Crippen molar-refractivity contribution in [2.45, 2.75) is 25.3 Å². The predicted octanol–water partition coefficient (Wildman–Crippen LogP) is 3.03. The van der Waals surface area contributed by atoms with Crippen LogP contribution in [0, 0.1) is 3.57 Å². The first kappa shape index (κ1) is 13.0. The van der Waals surface area contributed by atoms with Gasteiger partial charge in [0.1, 0.15) is 0 Å². The minimum Gasteiger partial charge on any atom is -0.383 e. The van der Waals surface area contributed by atoms with Crippen LogP contribution in [0.15, 0.2) is 18.2 Å². The molecule has 0 unspecified atom stereocenters. The molecule has 1 saturated carbocycles. The van der Waals surface area contributed by atoms with Gasteiger partial charge < -0.3 is 10.6 Å². The number of carbonyl (C=O) groups is 1. The molecule has 0 aliphatic heterocycles. The molecule has 0 radical (unpaired) electrons. The van der Waals surface area contributed by atoms with Crippen molar-refractivity contribution in [1.29, 1.82) is 0 Å². The third kappa shape index (κ3) is 4.35. The topological polar surface area (TPSA) is 41.1 Å². The Morgan fingerprint density at radius 3 is 2.88 bits per heavy atom. The maximum atomic E-state index is 11.4. The molecule has 1 aromatic rings. The van der Waals surface area contributed by atoms with Gasteiger partial charge in [0.05, 0.1) is 10.7 Å². The van der Waals surface area contributed by atoms with Crippen molar-refractivity contribution < 1.29 is 4.79 Å². The molecule has 0 spiro atoms. The molecule has 1 amide bonds. The van der Waals surface area contributed by atoms with E-state index in [0.29, 0.717) is 24.0 Å². The molecule has 92 valence electrons. The van der Waals surface area contributed by atoms with Gasteiger partial charge in [0.25, 0.3) is 0 Å². The maximum absolute atomic E-state index is 11.4. The molecule has 1 aliphatic rings.